The van der Waals surface area contributed by atoms with Gasteiger partial charge in [-0.3, -0.25) is 5.32 Å². The quantitative estimate of drug-likeness (QED) is 0.813. The van der Waals surface area contributed by atoms with E-state index in [4.69, 9.17) is 11.6 Å². The second kappa shape index (κ2) is 6.59. The summed E-state index contributed by atoms with van der Waals surface area (Å²) in [7, 11) is 1.91. The van der Waals surface area contributed by atoms with Crippen LogP contribution in [0.5, 0.6) is 0 Å². The lowest BCUT2D eigenvalue weighted by atomic mass is 9.75. The minimum Gasteiger partial charge on any atom is -0.388 e. The van der Waals surface area contributed by atoms with Crippen molar-refractivity contribution >= 4 is 23.6 Å². The fourth-order valence-corrected chi connectivity index (χ4v) is 3.43. The van der Waals surface area contributed by atoms with E-state index in [1.165, 1.54) is 24.8 Å². The molecule has 2 rings (SSSR count). The van der Waals surface area contributed by atoms with E-state index in [2.05, 4.69) is 16.7 Å². The molecule has 0 saturated heterocycles. The van der Waals surface area contributed by atoms with Gasteiger partial charge in [0.1, 0.15) is 6.29 Å². The molecule has 0 radical (unpaired) electrons. The van der Waals surface area contributed by atoms with Gasteiger partial charge in [-0.05, 0) is 37.5 Å². The maximum atomic E-state index is 11.1. The predicted molar refractivity (Wildman–Crippen MR) is 84.4 cm³/mol. The van der Waals surface area contributed by atoms with Crippen LogP contribution < -0.4 is 10.6 Å². The normalized spacial score (nSPS) is 19.4. The highest BCUT2D eigenvalue weighted by Gasteiger charge is 2.36. The molecule has 1 fully saturated rings. The number of hydrogen-bond donors (Lipinski definition) is 2. The van der Waals surface area contributed by atoms with Gasteiger partial charge in [-0.2, -0.15) is 0 Å². The summed E-state index contributed by atoms with van der Waals surface area (Å²) >= 11 is 6.10. The number of aldehydes is 1. The van der Waals surface area contributed by atoms with E-state index in [1.807, 2.05) is 26.1 Å². The predicted octanol–water partition coefficient (Wildman–Crippen LogP) is 3.72. The van der Waals surface area contributed by atoms with E-state index in [9.17, 15) is 4.79 Å². The third-order valence-electron chi connectivity index (χ3n) is 4.18. The molecule has 1 aromatic rings. The van der Waals surface area contributed by atoms with Crippen molar-refractivity contribution in [3.63, 3.8) is 0 Å². The molecule has 0 spiro atoms. The van der Waals surface area contributed by atoms with Crippen LogP contribution in [0.2, 0.25) is 5.02 Å². The number of halogens is 1. The Hall–Kier alpha value is -1.06. The number of carbonyl (C=O) groups is 1. The van der Waals surface area contributed by atoms with Crippen LogP contribution in [-0.4, -0.2) is 19.4 Å². The van der Waals surface area contributed by atoms with Crippen molar-refractivity contribution in [2.75, 3.05) is 12.4 Å². The Morgan fingerprint density at radius 3 is 2.60 bits per heavy atom. The Balaban J connectivity index is 2.42. The first-order valence-corrected chi connectivity index (χ1v) is 7.70. The Bertz CT molecular complexity index is 470. The molecule has 1 unspecified atom stereocenters. The third-order valence-corrected chi connectivity index (χ3v) is 4.42. The van der Waals surface area contributed by atoms with E-state index in [1.54, 1.807) is 0 Å². The number of rotatable bonds is 5. The molecule has 1 atom stereocenters. The van der Waals surface area contributed by atoms with Gasteiger partial charge in [-0.15, -0.1) is 0 Å². The Morgan fingerprint density at radius 2 is 2.00 bits per heavy atom. The van der Waals surface area contributed by atoms with Gasteiger partial charge in [0, 0.05) is 23.3 Å². The highest BCUT2D eigenvalue weighted by Crippen LogP contribution is 2.41. The van der Waals surface area contributed by atoms with Crippen molar-refractivity contribution in [3.8, 4) is 0 Å². The molecular formula is C16H23ClN2O. The number of anilines is 1. The summed E-state index contributed by atoms with van der Waals surface area (Å²) in [6.45, 7) is 1.92. The second-order valence-corrected chi connectivity index (χ2v) is 6.09. The molecule has 2 N–H and O–H groups in total. The highest BCUT2D eigenvalue weighted by molar-refractivity contribution is 6.30. The number of hydrogen-bond acceptors (Lipinski definition) is 3. The van der Waals surface area contributed by atoms with E-state index in [0.717, 1.165) is 29.8 Å². The van der Waals surface area contributed by atoms with Gasteiger partial charge in [-0.1, -0.05) is 36.9 Å². The Labute approximate surface area is 126 Å². The van der Waals surface area contributed by atoms with E-state index in [0.29, 0.717) is 0 Å². The first-order valence-electron chi connectivity index (χ1n) is 7.32. The van der Waals surface area contributed by atoms with Crippen LogP contribution in [0.15, 0.2) is 18.2 Å². The lowest BCUT2D eigenvalue weighted by Gasteiger charge is -2.41. The minimum atomic E-state index is -0.145. The summed E-state index contributed by atoms with van der Waals surface area (Å²) in [4.78, 5) is 11.1. The molecule has 4 heteroatoms. The first-order chi connectivity index (χ1) is 9.61. The summed E-state index contributed by atoms with van der Waals surface area (Å²) in [6, 6.07) is 5.83. The van der Waals surface area contributed by atoms with Gasteiger partial charge in [0.25, 0.3) is 0 Å². The average molecular weight is 295 g/mol. The van der Waals surface area contributed by atoms with E-state index < -0.39 is 0 Å². The molecule has 0 aliphatic heterocycles. The molecule has 0 aromatic heterocycles. The van der Waals surface area contributed by atoms with Crippen molar-refractivity contribution in [3.05, 3.63) is 28.8 Å². The first kappa shape index (κ1) is 15.3. The molecule has 0 amide bonds. The van der Waals surface area contributed by atoms with Gasteiger partial charge >= 0.3 is 0 Å². The minimum absolute atomic E-state index is 0.124. The monoisotopic (exact) mass is 294 g/mol. The van der Waals surface area contributed by atoms with Crippen LogP contribution in [0.3, 0.4) is 0 Å². The standard InChI is InChI=1S/C16H23ClN2O/c1-12(11-20)19-16(8-4-3-5-9-16)14-7-6-13(17)10-15(14)18-2/h6-7,10-12,18-19H,3-5,8-9H2,1-2H3. The highest BCUT2D eigenvalue weighted by atomic mass is 35.5. The van der Waals surface area contributed by atoms with Crippen molar-refractivity contribution in [1.29, 1.82) is 0 Å². The molecule has 1 aliphatic rings. The molecule has 0 heterocycles. The molecule has 1 aromatic carbocycles. The van der Waals surface area contributed by atoms with Crippen LogP contribution in [-0.2, 0) is 10.3 Å². The van der Waals surface area contributed by atoms with Crippen LogP contribution >= 0.6 is 11.6 Å². The maximum absolute atomic E-state index is 11.1. The van der Waals surface area contributed by atoms with Crippen molar-refractivity contribution in [1.82, 2.24) is 5.32 Å². The summed E-state index contributed by atoms with van der Waals surface area (Å²) in [5.74, 6) is 0. The number of benzene rings is 1. The topological polar surface area (TPSA) is 41.1 Å². The smallest absolute Gasteiger partial charge is 0.136 e. The van der Waals surface area contributed by atoms with E-state index >= 15 is 0 Å². The lowest BCUT2D eigenvalue weighted by Crippen LogP contribution is -2.49. The summed E-state index contributed by atoms with van der Waals surface area (Å²) < 4.78 is 0. The summed E-state index contributed by atoms with van der Waals surface area (Å²) in [5, 5.41) is 7.51. The van der Waals surface area contributed by atoms with Crippen LogP contribution in [0.1, 0.15) is 44.6 Å². The Kier molecular flexibility index (Phi) is 5.06. The molecule has 1 aliphatic carbocycles. The molecule has 1 saturated carbocycles. The Morgan fingerprint density at radius 1 is 1.30 bits per heavy atom. The van der Waals surface area contributed by atoms with Gasteiger partial charge < -0.3 is 10.1 Å². The largest absolute Gasteiger partial charge is 0.388 e. The second-order valence-electron chi connectivity index (χ2n) is 5.65. The SMILES string of the molecule is CNc1cc(Cl)ccc1C1(NC(C)C=O)CCCCC1. The average Bonchev–Trinajstić information content (AvgIpc) is 2.47. The zero-order valence-corrected chi connectivity index (χ0v) is 13.0. The van der Waals surface area contributed by atoms with E-state index in [-0.39, 0.29) is 11.6 Å². The summed E-state index contributed by atoms with van der Waals surface area (Å²) in [5.41, 5.74) is 2.14. The van der Waals surface area contributed by atoms with Gasteiger partial charge in [-0.25, -0.2) is 0 Å². The maximum Gasteiger partial charge on any atom is 0.136 e. The fraction of sp³-hybridized carbons (Fsp3) is 0.562. The van der Waals surface area contributed by atoms with Crippen molar-refractivity contribution in [2.24, 2.45) is 0 Å². The summed E-state index contributed by atoms with van der Waals surface area (Å²) in [6.07, 6.45) is 6.73. The molecular weight excluding hydrogens is 272 g/mol. The fourth-order valence-electron chi connectivity index (χ4n) is 3.26. The number of nitrogens with one attached hydrogen (secondary N) is 2. The molecule has 20 heavy (non-hydrogen) atoms. The number of carbonyl (C=O) groups excluding carboxylic acids is 1. The van der Waals surface area contributed by atoms with Crippen molar-refractivity contribution < 1.29 is 4.79 Å². The van der Waals surface area contributed by atoms with Gasteiger partial charge in [0.15, 0.2) is 0 Å². The molecule has 3 nitrogen and oxygen atoms in total. The van der Waals surface area contributed by atoms with Crippen molar-refractivity contribution in [2.45, 2.75) is 50.6 Å². The van der Waals surface area contributed by atoms with Gasteiger partial charge in [0.05, 0.1) is 6.04 Å². The molecule has 0 bridgehead atoms. The molecule has 110 valence electrons. The van der Waals surface area contributed by atoms with Crippen LogP contribution in [0, 0.1) is 0 Å². The van der Waals surface area contributed by atoms with Gasteiger partial charge in [0.2, 0.25) is 0 Å². The lowest BCUT2D eigenvalue weighted by molar-refractivity contribution is -0.109. The zero-order chi connectivity index (χ0) is 14.6. The third kappa shape index (κ3) is 3.15. The zero-order valence-electron chi connectivity index (χ0n) is 12.2. The van der Waals surface area contributed by atoms with Crippen LogP contribution in [0.25, 0.3) is 0 Å². The van der Waals surface area contributed by atoms with Crippen LogP contribution in [0.4, 0.5) is 5.69 Å².